The Bertz CT molecular complexity index is 468. The summed E-state index contributed by atoms with van der Waals surface area (Å²) in [5, 5.41) is 28.3. The molecule has 0 spiro atoms. The first-order valence-corrected chi connectivity index (χ1v) is 5.92. The number of carboxylic acid groups (broad SMARTS) is 1. The van der Waals surface area contributed by atoms with Crippen molar-refractivity contribution in [3.8, 4) is 0 Å². The van der Waals surface area contributed by atoms with Crippen molar-refractivity contribution in [2.75, 3.05) is 5.23 Å². The second kappa shape index (κ2) is 6.95. The van der Waals surface area contributed by atoms with Crippen LogP contribution in [0.3, 0.4) is 0 Å². The molecule has 0 radical (unpaired) electrons. The minimum atomic E-state index is -1.24. The minimum Gasteiger partial charge on any atom is -0.733 e. The maximum Gasteiger partial charge on any atom is 0.322 e. The van der Waals surface area contributed by atoms with Gasteiger partial charge in [0.25, 0.3) is 0 Å². The molecule has 0 fully saturated rings. The van der Waals surface area contributed by atoms with Crippen molar-refractivity contribution in [1.82, 2.24) is 4.72 Å². The Balaban J connectivity index is 2.74. The van der Waals surface area contributed by atoms with Gasteiger partial charge >= 0.3 is 5.97 Å². The van der Waals surface area contributed by atoms with Crippen molar-refractivity contribution in [3.05, 3.63) is 29.5 Å². The number of nitrogens with two attached hydrogens (primary N) is 1. The minimum absolute atomic E-state index is 0.0387. The van der Waals surface area contributed by atoms with Crippen molar-refractivity contribution in [1.29, 1.82) is 0 Å². The summed E-state index contributed by atoms with van der Waals surface area (Å²) in [5.74, 6) is -2.01. The average Bonchev–Trinajstić information content (AvgIpc) is 2.34. The van der Waals surface area contributed by atoms with Gasteiger partial charge in [-0.1, -0.05) is 12.1 Å². The number of rotatable bonds is 7. The van der Waals surface area contributed by atoms with E-state index in [-0.39, 0.29) is 17.3 Å². The van der Waals surface area contributed by atoms with Crippen molar-refractivity contribution in [3.63, 3.8) is 0 Å². The molecule has 1 aromatic carbocycles. The van der Waals surface area contributed by atoms with Crippen molar-refractivity contribution < 1.29 is 19.9 Å². The third-order valence-corrected chi connectivity index (χ3v) is 3.05. The number of aliphatic carboxylic acids is 1. The van der Waals surface area contributed by atoms with Crippen LogP contribution in [0.4, 0.5) is 5.69 Å². The molecule has 1 rings (SSSR count). The smallest absolute Gasteiger partial charge is 0.322 e. The van der Waals surface area contributed by atoms with E-state index in [0.717, 1.165) is 11.9 Å². The first-order valence-electron chi connectivity index (χ1n) is 5.10. The van der Waals surface area contributed by atoms with Gasteiger partial charge in [0.2, 0.25) is 5.91 Å². The first-order chi connectivity index (χ1) is 8.91. The molecule has 5 N–H and O–H groups in total. The van der Waals surface area contributed by atoms with Gasteiger partial charge in [-0.05, 0) is 24.1 Å². The highest BCUT2D eigenvalue weighted by atomic mass is 32.2. The summed E-state index contributed by atoms with van der Waals surface area (Å²) in [6.45, 7) is 0. The van der Waals surface area contributed by atoms with Crippen molar-refractivity contribution in [2.45, 2.75) is 17.4 Å². The lowest BCUT2D eigenvalue weighted by Crippen LogP contribution is -2.36. The standard InChI is InChI=1S/C10H12N3O5S/c11-9(14)5-6(10(15)16)12-19-8-4-2-1-3-7(8)13(17)18/h1-4,6,12,17H,5H2,(H2,11,14)(H,15,16)/q-1. The molecule has 0 aliphatic rings. The van der Waals surface area contributed by atoms with E-state index in [9.17, 15) is 14.8 Å². The number of hydrogen-bond donors (Lipinski definition) is 4. The van der Waals surface area contributed by atoms with E-state index in [4.69, 9.17) is 16.0 Å². The highest BCUT2D eigenvalue weighted by molar-refractivity contribution is 7.97. The second-order valence-corrected chi connectivity index (χ2v) is 4.40. The van der Waals surface area contributed by atoms with E-state index < -0.39 is 17.9 Å². The molecule has 0 saturated heterocycles. The van der Waals surface area contributed by atoms with Crippen LogP contribution in [0.5, 0.6) is 0 Å². The molecule has 9 heteroatoms. The van der Waals surface area contributed by atoms with Crippen molar-refractivity contribution in [2.24, 2.45) is 5.73 Å². The number of amides is 1. The summed E-state index contributed by atoms with van der Waals surface area (Å²) in [7, 11) is 0. The fourth-order valence-electron chi connectivity index (χ4n) is 1.22. The van der Waals surface area contributed by atoms with E-state index in [2.05, 4.69) is 4.72 Å². The Morgan fingerprint density at radius 2 is 2.11 bits per heavy atom. The van der Waals surface area contributed by atoms with Gasteiger partial charge in [0, 0.05) is 4.90 Å². The molecule has 0 saturated carbocycles. The fourth-order valence-corrected chi connectivity index (χ4v) is 2.07. The monoisotopic (exact) mass is 286 g/mol. The summed E-state index contributed by atoms with van der Waals surface area (Å²) in [4.78, 5) is 21.9. The van der Waals surface area contributed by atoms with E-state index in [1.54, 1.807) is 12.1 Å². The molecule has 0 bridgehead atoms. The van der Waals surface area contributed by atoms with Gasteiger partial charge in [-0.15, -0.1) is 0 Å². The van der Waals surface area contributed by atoms with Crippen LogP contribution < -0.4 is 15.7 Å². The number of carbonyl (C=O) groups excluding carboxylic acids is 1. The van der Waals surface area contributed by atoms with E-state index in [0.29, 0.717) is 4.90 Å². The fraction of sp³-hybridized carbons (Fsp3) is 0.200. The number of primary amides is 1. The number of carboxylic acids is 1. The highest BCUT2D eigenvalue weighted by Crippen LogP contribution is 2.27. The zero-order valence-electron chi connectivity index (χ0n) is 9.65. The predicted octanol–water partition coefficient (Wildman–Crippen LogP) is 0.305. The number of nitrogens with zero attached hydrogens (tertiary/aromatic N) is 1. The topological polar surface area (TPSA) is 139 Å². The predicted molar refractivity (Wildman–Crippen MR) is 68.3 cm³/mol. The number of carbonyl (C=O) groups is 2. The van der Waals surface area contributed by atoms with Crippen molar-refractivity contribution >= 4 is 29.5 Å². The lowest BCUT2D eigenvalue weighted by Gasteiger charge is -2.24. The van der Waals surface area contributed by atoms with Gasteiger partial charge < -0.3 is 21.3 Å². The molecule has 0 aromatic heterocycles. The molecule has 104 valence electrons. The molecule has 0 heterocycles. The third kappa shape index (κ3) is 4.75. The van der Waals surface area contributed by atoms with Crippen LogP contribution in [-0.4, -0.2) is 28.2 Å². The molecule has 8 nitrogen and oxygen atoms in total. The Morgan fingerprint density at radius 1 is 1.47 bits per heavy atom. The molecular weight excluding hydrogens is 274 g/mol. The molecular formula is C10H12N3O5S-. The molecule has 1 aromatic rings. The highest BCUT2D eigenvalue weighted by Gasteiger charge is 2.20. The van der Waals surface area contributed by atoms with Gasteiger partial charge in [0.15, 0.2) is 0 Å². The number of para-hydroxylation sites is 1. The van der Waals surface area contributed by atoms with Gasteiger partial charge in [0.1, 0.15) is 6.04 Å². The molecule has 1 atom stereocenters. The van der Waals surface area contributed by atoms with E-state index in [1.165, 1.54) is 12.1 Å². The number of anilines is 1. The van der Waals surface area contributed by atoms with E-state index >= 15 is 0 Å². The zero-order valence-corrected chi connectivity index (χ0v) is 10.5. The SMILES string of the molecule is NC(=O)CC(NSc1ccccc1N([O-])O)C(=O)O. The Labute approximate surface area is 112 Å². The summed E-state index contributed by atoms with van der Waals surface area (Å²) >= 11 is 0.814. The molecule has 1 amide bonds. The van der Waals surface area contributed by atoms with Crippen LogP contribution in [0, 0.1) is 5.21 Å². The van der Waals surface area contributed by atoms with Crippen LogP contribution in [0.25, 0.3) is 0 Å². The normalized spacial score (nSPS) is 11.9. The first kappa shape index (κ1) is 15.2. The summed E-state index contributed by atoms with van der Waals surface area (Å²) in [5.41, 5.74) is 4.89. The van der Waals surface area contributed by atoms with Gasteiger partial charge in [-0.2, -0.15) is 0 Å². The quantitative estimate of drug-likeness (QED) is 0.414. The lowest BCUT2D eigenvalue weighted by atomic mass is 10.2. The number of nitrogens with one attached hydrogen (secondary N) is 1. The number of hydrogen-bond acceptors (Lipinski definition) is 7. The second-order valence-electron chi connectivity index (χ2n) is 3.52. The zero-order chi connectivity index (χ0) is 14.4. The average molecular weight is 286 g/mol. The molecule has 1 unspecified atom stereocenters. The summed E-state index contributed by atoms with van der Waals surface area (Å²) < 4.78 is 2.50. The third-order valence-electron chi connectivity index (χ3n) is 2.09. The maximum atomic E-state index is 10.9. The summed E-state index contributed by atoms with van der Waals surface area (Å²) in [6.07, 6.45) is -0.384. The van der Waals surface area contributed by atoms with Gasteiger partial charge in [0.05, 0.1) is 12.1 Å². The largest absolute Gasteiger partial charge is 0.733 e. The van der Waals surface area contributed by atoms with Gasteiger partial charge in [-0.25, -0.2) is 4.72 Å². The summed E-state index contributed by atoms with van der Waals surface area (Å²) in [6, 6.07) is 4.84. The molecule has 19 heavy (non-hydrogen) atoms. The van der Waals surface area contributed by atoms with Crippen LogP contribution in [0.2, 0.25) is 0 Å². The Kier molecular flexibility index (Phi) is 5.57. The molecule has 0 aliphatic carbocycles. The van der Waals surface area contributed by atoms with Crippen LogP contribution in [0.1, 0.15) is 6.42 Å². The van der Waals surface area contributed by atoms with Crippen LogP contribution in [-0.2, 0) is 9.59 Å². The lowest BCUT2D eigenvalue weighted by molar-refractivity contribution is -0.140. The molecule has 0 aliphatic heterocycles. The Morgan fingerprint density at radius 3 is 2.63 bits per heavy atom. The number of benzene rings is 1. The van der Waals surface area contributed by atoms with Crippen LogP contribution in [0.15, 0.2) is 29.2 Å². The van der Waals surface area contributed by atoms with E-state index in [1.807, 2.05) is 0 Å². The maximum absolute atomic E-state index is 10.9. The van der Waals surface area contributed by atoms with Gasteiger partial charge in [-0.3, -0.25) is 14.8 Å². The Hall–Kier alpha value is -1.81. The van der Waals surface area contributed by atoms with Crippen LogP contribution >= 0.6 is 11.9 Å².